The highest BCUT2D eigenvalue weighted by Gasteiger charge is 2.38. The summed E-state index contributed by atoms with van der Waals surface area (Å²) >= 11 is 0. The lowest BCUT2D eigenvalue weighted by Crippen LogP contribution is -2.31. The lowest BCUT2D eigenvalue weighted by atomic mass is 9.80. The van der Waals surface area contributed by atoms with Crippen LogP contribution < -0.4 is 31.8 Å². The first-order valence-electron chi connectivity index (χ1n) is 22.5. The van der Waals surface area contributed by atoms with Gasteiger partial charge in [-0.05, 0) is 44.9 Å². The molecule has 0 amide bonds. The molecule has 0 heterocycles. The average molecular weight is 879 g/mol. The maximum absolute atomic E-state index is 12.7. The number of phenolic OH excluding ortho intramolecular Hbond substituents is 2. The minimum atomic E-state index is -2.87. The molecule has 2 N–H and O–H groups in total. The molecular weight excluding hydrogens is 807 g/mol. The fourth-order valence-electron chi connectivity index (χ4n) is 8.29. The molecule has 0 bridgehead atoms. The van der Waals surface area contributed by atoms with Gasteiger partial charge in [0.25, 0.3) is 0 Å². The van der Waals surface area contributed by atoms with Gasteiger partial charge in [0.1, 0.15) is 11.5 Å². The second-order valence-electron chi connectivity index (χ2n) is 22.2. The molecule has 0 aromatic heterocycles. The molecule has 0 aliphatic carbocycles. The van der Waals surface area contributed by atoms with Gasteiger partial charge in [-0.2, -0.15) is 0 Å². The van der Waals surface area contributed by atoms with Crippen molar-refractivity contribution in [2.24, 2.45) is 14.9 Å². The van der Waals surface area contributed by atoms with Crippen molar-refractivity contribution in [2.75, 3.05) is 13.1 Å². The number of phenols is 2. The molecule has 332 valence electrons. The second kappa shape index (κ2) is 17.7. The standard InChI is InChI=1S/C57H72N2O2P2/c1-53(2,3)41-35-47(55(7,8)9)51(60)49(37-41)62(43-27-19-15-20-28-43,44-29-21-16-22-30-44)58-39-57(13,14)40-59-63(45-31-23-17-24-32-45,46-33-25-18-26-34-46)50-38-42(54(4,5)6)36-48(52(50)61)56(10,11)12/h15-38,60-61H,39-40H2,1-14H3. The van der Waals surface area contributed by atoms with E-state index in [0.717, 1.165) is 43.0 Å². The van der Waals surface area contributed by atoms with Crippen LogP contribution >= 0.6 is 14.1 Å². The fraction of sp³-hybridized carbons (Fsp3) is 0.368. The molecule has 4 nitrogen and oxygen atoms in total. The Morgan fingerprint density at radius 2 is 0.619 bits per heavy atom. The quantitative estimate of drug-likeness (QED) is 0.135. The summed E-state index contributed by atoms with van der Waals surface area (Å²) in [6.45, 7) is 32.1. The molecule has 0 fully saturated rings. The first kappa shape index (κ1) is 47.8. The molecule has 63 heavy (non-hydrogen) atoms. The van der Waals surface area contributed by atoms with Crippen LogP contribution in [-0.4, -0.2) is 23.3 Å². The summed E-state index contributed by atoms with van der Waals surface area (Å²) in [7, 11) is -5.75. The summed E-state index contributed by atoms with van der Waals surface area (Å²) in [6, 6.07) is 51.5. The van der Waals surface area contributed by atoms with Crippen molar-refractivity contribution in [2.45, 2.75) is 119 Å². The largest absolute Gasteiger partial charge is 0.507 e. The van der Waals surface area contributed by atoms with Crippen LogP contribution in [0.2, 0.25) is 0 Å². The second-order valence-corrected chi connectivity index (χ2v) is 28.3. The molecule has 0 saturated heterocycles. The zero-order valence-electron chi connectivity index (χ0n) is 40.5. The van der Waals surface area contributed by atoms with Crippen LogP contribution in [0.15, 0.2) is 155 Å². The number of benzene rings is 6. The van der Waals surface area contributed by atoms with Crippen LogP contribution in [-0.2, 0) is 21.7 Å². The van der Waals surface area contributed by atoms with Crippen molar-refractivity contribution in [3.8, 4) is 11.5 Å². The lowest BCUT2D eigenvalue weighted by molar-refractivity contribution is 0.398. The van der Waals surface area contributed by atoms with Gasteiger partial charge in [-0.3, -0.25) is 9.49 Å². The van der Waals surface area contributed by atoms with E-state index in [1.165, 1.54) is 11.1 Å². The third-order valence-corrected chi connectivity index (χ3v) is 19.6. The van der Waals surface area contributed by atoms with Gasteiger partial charge in [-0.15, -0.1) is 0 Å². The van der Waals surface area contributed by atoms with Crippen LogP contribution in [0.4, 0.5) is 0 Å². The summed E-state index contributed by atoms with van der Waals surface area (Å²) in [5, 5.41) is 31.6. The van der Waals surface area contributed by atoms with E-state index in [1.54, 1.807) is 0 Å². The summed E-state index contributed by atoms with van der Waals surface area (Å²) in [5.41, 5.74) is 2.79. The van der Waals surface area contributed by atoms with E-state index in [9.17, 15) is 10.2 Å². The van der Waals surface area contributed by atoms with Crippen molar-refractivity contribution < 1.29 is 10.2 Å². The molecule has 0 saturated carbocycles. The smallest absolute Gasteiger partial charge is 0.129 e. The van der Waals surface area contributed by atoms with Gasteiger partial charge in [0.15, 0.2) is 0 Å². The molecule has 6 aromatic carbocycles. The highest BCUT2D eigenvalue weighted by Crippen LogP contribution is 2.54. The third kappa shape index (κ3) is 9.89. The minimum Gasteiger partial charge on any atom is -0.507 e. The van der Waals surface area contributed by atoms with Gasteiger partial charge >= 0.3 is 0 Å². The molecule has 0 unspecified atom stereocenters. The Morgan fingerprint density at radius 3 is 0.841 bits per heavy atom. The van der Waals surface area contributed by atoms with E-state index in [2.05, 4.69) is 243 Å². The molecule has 0 atom stereocenters. The van der Waals surface area contributed by atoms with E-state index in [1.807, 2.05) is 0 Å². The topological polar surface area (TPSA) is 65.2 Å². The molecular formula is C57H72N2O2P2. The Bertz CT molecular complexity index is 2370. The minimum absolute atomic E-state index is 0.172. The van der Waals surface area contributed by atoms with Crippen LogP contribution in [0.25, 0.3) is 0 Å². The van der Waals surface area contributed by atoms with E-state index in [-0.39, 0.29) is 21.7 Å². The molecule has 0 radical (unpaired) electrons. The number of hydrogen-bond donors (Lipinski definition) is 2. The average Bonchev–Trinajstić information content (AvgIpc) is 3.22. The number of nitrogens with zero attached hydrogens (tertiary/aromatic N) is 2. The molecule has 0 aliphatic heterocycles. The van der Waals surface area contributed by atoms with E-state index >= 15 is 0 Å². The Balaban J connectivity index is 1.70. The zero-order valence-corrected chi connectivity index (χ0v) is 42.2. The Morgan fingerprint density at radius 1 is 0.365 bits per heavy atom. The molecule has 0 spiro atoms. The molecule has 0 aliphatic rings. The highest BCUT2D eigenvalue weighted by atomic mass is 31.2. The van der Waals surface area contributed by atoms with Gasteiger partial charge < -0.3 is 10.2 Å². The SMILES string of the molecule is CC(C)(CN=P(c1ccccc1)(c1ccccc1)c1cc(C(C)(C)C)cc(C(C)(C)C)c1O)CN=P(c1ccccc1)(c1ccccc1)c1cc(C(C)(C)C)cc(C(C)(C)C)c1O. The third-order valence-electron chi connectivity index (χ3n) is 12.2. The van der Waals surface area contributed by atoms with Crippen LogP contribution in [0.3, 0.4) is 0 Å². The van der Waals surface area contributed by atoms with Crippen molar-refractivity contribution in [1.82, 2.24) is 0 Å². The predicted molar refractivity (Wildman–Crippen MR) is 277 cm³/mol. The maximum Gasteiger partial charge on any atom is 0.129 e. The zero-order chi connectivity index (χ0) is 46.2. The van der Waals surface area contributed by atoms with Crippen molar-refractivity contribution in [3.63, 3.8) is 0 Å². The number of rotatable bonds is 10. The van der Waals surface area contributed by atoms with Gasteiger partial charge in [-0.1, -0.05) is 230 Å². The Hall–Kier alpha value is -4.62. The first-order chi connectivity index (χ1) is 29.3. The molecule has 6 rings (SSSR count). The summed E-state index contributed by atoms with van der Waals surface area (Å²) in [6.07, 6.45) is 0. The van der Waals surface area contributed by atoms with Crippen molar-refractivity contribution in [1.29, 1.82) is 0 Å². The van der Waals surface area contributed by atoms with Crippen molar-refractivity contribution in [3.05, 3.63) is 168 Å². The maximum atomic E-state index is 12.7. The van der Waals surface area contributed by atoms with Crippen LogP contribution in [0, 0.1) is 5.41 Å². The molecule has 6 heteroatoms. The van der Waals surface area contributed by atoms with Gasteiger partial charge in [-0.25, -0.2) is 0 Å². The fourth-order valence-corrected chi connectivity index (χ4v) is 16.1. The normalized spacial score (nSPS) is 13.2. The van der Waals surface area contributed by atoms with E-state index < -0.39 is 19.5 Å². The molecule has 6 aromatic rings. The monoisotopic (exact) mass is 879 g/mol. The lowest BCUT2D eigenvalue weighted by Gasteiger charge is -2.35. The summed E-state index contributed by atoms with van der Waals surface area (Å²) in [5.74, 6) is 0.648. The summed E-state index contributed by atoms with van der Waals surface area (Å²) < 4.78 is 12.1. The first-order valence-corrected chi connectivity index (χ1v) is 26.0. The van der Waals surface area contributed by atoms with Gasteiger partial charge in [0, 0.05) is 61.5 Å². The predicted octanol–water partition coefficient (Wildman–Crippen LogP) is 13.0. The number of hydrogen-bond acceptors (Lipinski definition) is 4. The van der Waals surface area contributed by atoms with Crippen LogP contribution in [0.5, 0.6) is 11.5 Å². The Kier molecular flexibility index (Phi) is 13.5. The van der Waals surface area contributed by atoms with E-state index in [0.29, 0.717) is 24.6 Å². The van der Waals surface area contributed by atoms with Crippen molar-refractivity contribution >= 4 is 45.9 Å². The highest BCUT2D eigenvalue weighted by molar-refractivity contribution is 7.88. The Labute approximate surface area is 380 Å². The van der Waals surface area contributed by atoms with E-state index in [4.69, 9.17) is 9.49 Å². The number of aromatic hydroxyl groups is 2. The summed E-state index contributed by atoms with van der Waals surface area (Å²) in [4.78, 5) is 0. The van der Waals surface area contributed by atoms with Crippen LogP contribution in [0.1, 0.15) is 119 Å². The van der Waals surface area contributed by atoms with Gasteiger partial charge in [0.05, 0.1) is 14.1 Å². The van der Waals surface area contributed by atoms with Gasteiger partial charge in [0.2, 0.25) is 0 Å².